The second kappa shape index (κ2) is 14.6. The molecule has 1 aliphatic rings. The molecule has 332 valence electrons. The predicted octanol–water partition coefficient (Wildman–Crippen LogP) is 16.8. The van der Waals surface area contributed by atoms with Crippen molar-refractivity contribution >= 4 is 104 Å². The molecule has 0 bridgehead atoms. The van der Waals surface area contributed by atoms with Crippen LogP contribution >= 0.6 is 0 Å². The van der Waals surface area contributed by atoms with Crippen molar-refractivity contribution in [1.82, 2.24) is 22.8 Å². The molecule has 5 nitrogen and oxygen atoms in total. The SMILES string of the molecule is C1=CC(n2c3ccccc3c3c4c(ccc32)c2ccccc2n4-c2ccccc2)Cc2c1n(-c1ccccc1)c1ccc(-n3c4ccccc4c4ccc5c(c6ccccc6n5-c5ccccc5)c43)cc21. The third kappa shape index (κ3) is 5.29. The number of benzene rings is 10. The maximum absolute atomic E-state index is 2.62. The zero-order chi connectivity index (χ0) is 46.3. The number of hydrogen-bond donors (Lipinski definition) is 0. The Morgan fingerprint density at radius 3 is 1.35 bits per heavy atom. The normalized spacial score (nSPS) is 13.9. The number of hydrogen-bond acceptors (Lipinski definition) is 0. The lowest BCUT2D eigenvalue weighted by Crippen LogP contribution is -2.13. The summed E-state index contributed by atoms with van der Waals surface area (Å²) in [6.45, 7) is 0. The van der Waals surface area contributed by atoms with E-state index in [0.717, 1.165) is 23.5 Å². The van der Waals surface area contributed by atoms with Crippen LogP contribution in [0.25, 0.3) is 127 Å². The highest BCUT2D eigenvalue weighted by Crippen LogP contribution is 2.47. The van der Waals surface area contributed by atoms with Crippen LogP contribution in [0.4, 0.5) is 0 Å². The summed E-state index contributed by atoms with van der Waals surface area (Å²) in [5.41, 5.74) is 18.2. The molecular formula is C66H43N5. The Morgan fingerprint density at radius 1 is 0.296 bits per heavy atom. The first-order valence-electron chi connectivity index (χ1n) is 24.7. The van der Waals surface area contributed by atoms with Crippen LogP contribution in [0.1, 0.15) is 17.3 Å². The average molecular weight is 906 g/mol. The van der Waals surface area contributed by atoms with Gasteiger partial charge < -0.3 is 22.8 Å². The van der Waals surface area contributed by atoms with Crippen LogP contribution in [0.2, 0.25) is 0 Å². The smallest absolute Gasteiger partial charge is 0.0641 e. The molecule has 1 aliphatic carbocycles. The first kappa shape index (κ1) is 38.6. The van der Waals surface area contributed by atoms with E-state index >= 15 is 0 Å². The number of rotatable bonds is 5. The molecule has 16 rings (SSSR count). The van der Waals surface area contributed by atoms with Gasteiger partial charge >= 0.3 is 0 Å². The van der Waals surface area contributed by atoms with Crippen molar-refractivity contribution in [2.24, 2.45) is 0 Å². The van der Waals surface area contributed by atoms with Gasteiger partial charge in [-0.25, -0.2) is 0 Å². The first-order chi connectivity index (χ1) is 35.3. The lowest BCUT2D eigenvalue weighted by Gasteiger charge is -2.23. The van der Waals surface area contributed by atoms with E-state index in [2.05, 4.69) is 266 Å². The Hall–Kier alpha value is -9.32. The molecule has 0 amide bonds. The minimum Gasteiger partial charge on any atom is -0.333 e. The van der Waals surface area contributed by atoms with Gasteiger partial charge in [-0.05, 0) is 109 Å². The molecule has 5 heteroatoms. The Kier molecular flexibility index (Phi) is 7.94. The van der Waals surface area contributed by atoms with Crippen LogP contribution in [0.15, 0.2) is 237 Å². The molecule has 15 aromatic rings. The Morgan fingerprint density at radius 2 is 0.732 bits per heavy atom. The summed E-state index contributed by atoms with van der Waals surface area (Å²) in [5, 5.41) is 11.4. The quantitative estimate of drug-likeness (QED) is 0.164. The van der Waals surface area contributed by atoms with Crippen LogP contribution < -0.4 is 0 Å². The number of allylic oxidation sites excluding steroid dienone is 1. The molecule has 0 N–H and O–H groups in total. The number of nitrogens with zero attached hydrogens (tertiary/aromatic N) is 5. The van der Waals surface area contributed by atoms with E-state index in [1.807, 2.05) is 0 Å². The molecular weight excluding hydrogens is 863 g/mol. The molecule has 0 saturated carbocycles. The van der Waals surface area contributed by atoms with Crippen LogP contribution in [0.3, 0.4) is 0 Å². The number of fused-ring (bicyclic) bond motifs is 17. The molecule has 71 heavy (non-hydrogen) atoms. The monoisotopic (exact) mass is 905 g/mol. The van der Waals surface area contributed by atoms with E-state index in [1.165, 1.54) is 115 Å². The van der Waals surface area contributed by atoms with Crippen LogP contribution in [0.5, 0.6) is 0 Å². The van der Waals surface area contributed by atoms with Crippen molar-refractivity contribution in [2.45, 2.75) is 12.5 Å². The zero-order valence-electron chi connectivity index (χ0n) is 38.6. The molecule has 1 unspecified atom stereocenters. The van der Waals surface area contributed by atoms with E-state index < -0.39 is 0 Å². The topological polar surface area (TPSA) is 24.6 Å². The third-order valence-electron chi connectivity index (χ3n) is 15.6. The summed E-state index contributed by atoms with van der Waals surface area (Å²) in [4.78, 5) is 0. The fourth-order valence-corrected chi connectivity index (χ4v) is 12.8. The van der Waals surface area contributed by atoms with Gasteiger partial charge in [0.15, 0.2) is 0 Å². The summed E-state index contributed by atoms with van der Waals surface area (Å²) >= 11 is 0. The van der Waals surface area contributed by atoms with Crippen molar-refractivity contribution in [3.8, 4) is 22.7 Å². The largest absolute Gasteiger partial charge is 0.333 e. The van der Waals surface area contributed by atoms with Gasteiger partial charge in [0.05, 0.1) is 50.2 Å². The second-order valence-corrected chi connectivity index (χ2v) is 19.2. The van der Waals surface area contributed by atoms with E-state index in [1.54, 1.807) is 0 Å². The molecule has 0 spiro atoms. The first-order valence-corrected chi connectivity index (χ1v) is 24.7. The summed E-state index contributed by atoms with van der Waals surface area (Å²) in [6, 6.07) is 85.0. The molecule has 0 radical (unpaired) electrons. The van der Waals surface area contributed by atoms with Crippen molar-refractivity contribution in [3.05, 3.63) is 248 Å². The Balaban J connectivity index is 0.951. The van der Waals surface area contributed by atoms with Gasteiger partial charge in [-0.2, -0.15) is 0 Å². The Labute approximate surface area is 408 Å². The van der Waals surface area contributed by atoms with E-state index in [4.69, 9.17) is 0 Å². The van der Waals surface area contributed by atoms with Crippen LogP contribution in [-0.4, -0.2) is 22.8 Å². The molecule has 0 saturated heterocycles. The predicted molar refractivity (Wildman–Crippen MR) is 298 cm³/mol. The van der Waals surface area contributed by atoms with Crippen LogP contribution in [-0.2, 0) is 6.42 Å². The molecule has 5 aromatic heterocycles. The van der Waals surface area contributed by atoms with Crippen molar-refractivity contribution in [3.63, 3.8) is 0 Å². The second-order valence-electron chi connectivity index (χ2n) is 19.2. The lowest BCUT2D eigenvalue weighted by molar-refractivity contribution is 0.636. The maximum Gasteiger partial charge on any atom is 0.0641 e. The molecule has 10 aromatic carbocycles. The number of para-hydroxylation sites is 7. The van der Waals surface area contributed by atoms with Gasteiger partial charge in [-0.1, -0.05) is 146 Å². The summed E-state index contributed by atoms with van der Waals surface area (Å²) in [7, 11) is 0. The summed E-state index contributed by atoms with van der Waals surface area (Å²) in [5.74, 6) is 0. The third-order valence-corrected chi connectivity index (χ3v) is 15.6. The Bertz CT molecular complexity index is 4710. The van der Waals surface area contributed by atoms with Gasteiger partial charge in [0.2, 0.25) is 0 Å². The molecule has 5 heterocycles. The van der Waals surface area contributed by atoms with Crippen molar-refractivity contribution < 1.29 is 0 Å². The van der Waals surface area contributed by atoms with Gasteiger partial charge in [0, 0.05) is 82.4 Å². The van der Waals surface area contributed by atoms with Crippen molar-refractivity contribution in [2.75, 3.05) is 0 Å². The summed E-state index contributed by atoms with van der Waals surface area (Å²) in [6.07, 6.45) is 5.69. The van der Waals surface area contributed by atoms with E-state index in [0.29, 0.717) is 0 Å². The fourth-order valence-electron chi connectivity index (χ4n) is 12.8. The highest BCUT2D eigenvalue weighted by atomic mass is 15.1. The molecule has 0 fully saturated rings. The number of aromatic nitrogens is 5. The lowest BCUT2D eigenvalue weighted by atomic mass is 9.96. The molecule has 1 atom stereocenters. The van der Waals surface area contributed by atoms with E-state index in [9.17, 15) is 0 Å². The van der Waals surface area contributed by atoms with E-state index in [-0.39, 0.29) is 6.04 Å². The molecule has 0 aliphatic heterocycles. The highest BCUT2D eigenvalue weighted by Gasteiger charge is 2.29. The standard InChI is InChI=1S/C66H43N5/c1-4-18-42(19-5-1)67-59-36-32-45(69-58-31-17-13-27-52(58)64-62(69)39-35-49-47-24-10-14-28-55(47)70(65(49)64)44-22-8-3-9-23-44)40-53(59)54-41-46(33-37-60(54)67)71-56-29-15-11-25-48(56)50-34-38-61-63(66(50)71)51-26-12-16-30-57(51)68(61)43-20-6-2-7-21-43/h1-39,41,45H,40H2. The van der Waals surface area contributed by atoms with Gasteiger partial charge in [0.25, 0.3) is 0 Å². The maximum atomic E-state index is 2.62. The zero-order valence-corrected chi connectivity index (χ0v) is 38.6. The average Bonchev–Trinajstić information content (AvgIpc) is 4.23. The minimum absolute atomic E-state index is 0.0624. The minimum atomic E-state index is 0.0624. The highest BCUT2D eigenvalue weighted by molar-refractivity contribution is 6.27. The fraction of sp³-hybridized carbons (Fsp3) is 0.0303. The van der Waals surface area contributed by atoms with Gasteiger partial charge in [-0.3, -0.25) is 0 Å². The van der Waals surface area contributed by atoms with Gasteiger partial charge in [-0.15, -0.1) is 0 Å². The van der Waals surface area contributed by atoms with Crippen LogP contribution in [0, 0.1) is 0 Å². The van der Waals surface area contributed by atoms with Gasteiger partial charge in [0.1, 0.15) is 0 Å². The summed E-state index contributed by atoms with van der Waals surface area (Å²) < 4.78 is 12.6. The van der Waals surface area contributed by atoms with Crippen molar-refractivity contribution in [1.29, 1.82) is 0 Å².